The fourth-order valence-corrected chi connectivity index (χ4v) is 1.60. The molecule has 98 valence electrons. The molecule has 0 aliphatic heterocycles. The van der Waals surface area contributed by atoms with Gasteiger partial charge in [-0.2, -0.15) is 0 Å². The Kier molecular flexibility index (Phi) is 6.31. The molecule has 0 aliphatic rings. The minimum atomic E-state index is -0.649. The first kappa shape index (κ1) is 16.0. The molecule has 1 aromatic carbocycles. The van der Waals surface area contributed by atoms with Crippen molar-refractivity contribution in [3.05, 3.63) is 23.8 Å². The van der Waals surface area contributed by atoms with E-state index in [4.69, 9.17) is 10.8 Å². The van der Waals surface area contributed by atoms with Crippen molar-refractivity contribution in [3.63, 3.8) is 0 Å². The number of aliphatic hydroxyl groups excluding tert-OH is 1. The van der Waals surface area contributed by atoms with E-state index in [0.717, 1.165) is 0 Å². The van der Waals surface area contributed by atoms with Gasteiger partial charge in [-0.05, 0) is 30.0 Å². The highest BCUT2D eigenvalue weighted by atomic mass is 35.5. The van der Waals surface area contributed by atoms with Crippen molar-refractivity contribution in [2.24, 2.45) is 11.7 Å². The molecule has 0 saturated carbocycles. The van der Waals surface area contributed by atoms with Crippen LogP contribution in [0.2, 0.25) is 0 Å². The highest BCUT2D eigenvalue weighted by Crippen LogP contribution is 2.29. The van der Waals surface area contributed by atoms with E-state index in [2.05, 4.69) is 0 Å². The summed E-state index contributed by atoms with van der Waals surface area (Å²) in [5, 5.41) is 28.3. The number of phenolic OH excluding ortho intramolecular Hbond substituents is 2. The molecule has 0 saturated heterocycles. The number of nitrogens with two attached hydrogens (primary N) is 1. The Morgan fingerprint density at radius 2 is 1.76 bits per heavy atom. The van der Waals surface area contributed by atoms with E-state index in [9.17, 15) is 10.2 Å². The summed E-state index contributed by atoms with van der Waals surface area (Å²) in [6.07, 6.45) is -0.0491. The molecule has 0 aliphatic carbocycles. The Morgan fingerprint density at radius 3 is 2.24 bits per heavy atom. The summed E-state index contributed by atoms with van der Waals surface area (Å²) in [6.45, 7) is 4.01. The Bertz CT molecular complexity index is 358. The summed E-state index contributed by atoms with van der Waals surface area (Å²) in [4.78, 5) is 0. The summed E-state index contributed by atoms with van der Waals surface area (Å²) in [5.41, 5.74) is 6.48. The van der Waals surface area contributed by atoms with Crippen LogP contribution < -0.4 is 5.73 Å². The van der Waals surface area contributed by atoms with E-state index < -0.39 is 12.1 Å². The van der Waals surface area contributed by atoms with Crippen molar-refractivity contribution in [3.8, 4) is 11.5 Å². The van der Waals surface area contributed by atoms with Gasteiger partial charge in [-0.1, -0.05) is 19.9 Å². The number of benzene rings is 1. The third kappa shape index (κ3) is 4.42. The van der Waals surface area contributed by atoms with Gasteiger partial charge in [0.15, 0.2) is 11.5 Å². The van der Waals surface area contributed by atoms with Crippen molar-refractivity contribution < 1.29 is 15.3 Å². The summed E-state index contributed by atoms with van der Waals surface area (Å²) >= 11 is 0. The normalized spacial score (nSPS) is 14.2. The lowest BCUT2D eigenvalue weighted by Gasteiger charge is -2.21. The van der Waals surface area contributed by atoms with Gasteiger partial charge in [-0.3, -0.25) is 0 Å². The average Bonchev–Trinajstić information content (AvgIpc) is 2.20. The third-order valence-electron chi connectivity index (χ3n) is 2.51. The maximum atomic E-state index is 9.83. The van der Waals surface area contributed by atoms with Crippen molar-refractivity contribution in [1.82, 2.24) is 0 Å². The standard InChI is InChI=1S/C12H19NO3.ClH/c1-7(2)5-11(16)12(13)8-3-4-9(14)10(15)6-8;/h3-4,6-7,11-12,14-16H,5,13H2,1-2H3;1H/t11-,12+;/m0./s1. The van der Waals surface area contributed by atoms with Crippen molar-refractivity contribution in [1.29, 1.82) is 0 Å². The highest BCUT2D eigenvalue weighted by molar-refractivity contribution is 5.85. The average molecular weight is 262 g/mol. The molecule has 4 nitrogen and oxygen atoms in total. The molecule has 0 radical (unpaired) electrons. The molecule has 5 N–H and O–H groups in total. The second-order valence-electron chi connectivity index (χ2n) is 4.47. The van der Waals surface area contributed by atoms with Crippen molar-refractivity contribution in [2.45, 2.75) is 32.4 Å². The SMILES string of the molecule is CC(C)C[C@H](O)[C@H](N)c1ccc(O)c(O)c1.Cl. The van der Waals surface area contributed by atoms with Gasteiger partial charge in [-0.25, -0.2) is 0 Å². The molecule has 0 heterocycles. The quantitative estimate of drug-likeness (QED) is 0.624. The zero-order valence-corrected chi connectivity index (χ0v) is 10.8. The van der Waals surface area contributed by atoms with Crippen LogP contribution in [0.3, 0.4) is 0 Å². The summed E-state index contributed by atoms with van der Waals surface area (Å²) in [7, 11) is 0. The van der Waals surface area contributed by atoms with E-state index in [-0.39, 0.29) is 23.9 Å². The number of rotatable bonds is 4. The number of aromatic hydroxyl groups is 2. The second kappa shape index (κ2) is 6.69. The van der Waals surface area contributed by atoms with Crippen LogP contribution >= 0.6 is 12.4 Å². The van der Waals surface area contributed by atoms with Crippen LogP contribution in [0.5, 0.6) is 11.5 Å². The predicted octanol–water partition coefficient (Wildman–Crippen LogP) is 1.93. The molecule has 0 aromatic heterocycles. The molecule has 0 spiro atoms. The first-order chi connectivity index (χ1) is 7.41. The largest absolute Gasteiger partial charge is 0.504 e. The van der Waals surface area contributed by atoms with Gasteiger partial charge < -0.3 is 21.1 Å². The number of hydrogen-bond donors (Lipinski definition) is 4. The van der Waals surface area contributed by atoms with Gasteiger partial charge in [0.05, 0.1) is 12.1 Å². The number of phenols is 2. The number of halogens is 1. The number of hydrogen-bond acceptors (Lipinski definition) is 4. The van der Waals surface area contributed by atoms with Crippen LogP contribution in [-0.2, 0) is 0 Å². The Hall–Kier alpha value is -0.970. The molecule has 17 heavy (non-hydrogen) atoms. The zero-order valence-electron chi connectivity index (χ0n) is 10.00. The van der Waals surface area contributed by atoms with Gasteiger partial charge in [0.1, 0.15) is 0 Å². The second-order valence-corrected chi connectivity index (χ2v) is 4.47. The van der Waals surface area contributed by atoms with Crippen molar-refractivity contribution >= 4 is 12.4 Å². The van der Waals surface area contributed by atoms with E-state index in [1.807, 2.05) is 13.8 Å². The topological polar surface area (TPSA) is 86.7 Å². The summed E-state index contributed by atoms with van der Waals surface area (Å²) in [5.74, 6) is -0.0502. The molecular formula is C12H20ClNO3. The lowest BCUT2D eigenvalue weighted by Crippen LogP contribution is -2.27. The maximum Gasteiger partial charge on any atom is 0.157 e. The Morgan fingerprint density at radius 1 is 1.18 bits per heavy atom. The van der Waals surface area contributed by atoms with Gasteiger partial charge in [0, 0.05) is 0 Å². The first-order valence-electron chi connectivity index (χ1n) is 5.37. The molecule has 0 bridgehead atoms. The molecule has 1 rings (SSSR count). The zero-order chi connectivity index (χ0) is 12.3. The van der Waals surface area contributed by atoms with E-state index in [1.54, 1.807) is 6.07 Å². The predicted molar refractivity (Wildman–Crippen MR) is 69.4 cm³/mol. The van der Waals surface area contributed by atoms with Gasteiger partial charge in [-0.15, -0.1) is 12.4 Å². The minimum Gasteiger partial charge on any atom is -0.504 e. The van der Waals surface area contributed by atoms with Crippen LogP contribution in [0.25, 0.3) is 0 Å². The third-order valence-corrected chi connectivity index (χ3v) is 2.51. The molecule has 2 atom stereocenters. The van der Waals surface area contributed by atoms with Gasteiger partial charge >= 0.3 is 0 Å². The smallest absolute Gasteiger partial charge is 0.157 e. The van der Waals surface area contributed by atoms with Gasteiger partial charge in [0.2, 0.25) is 0 Å². The van der Waals surface area contributed by atoms with Crippen LogP contribution in [-0.4, -0.2) is 21.4 Å². The first-order valence-corrected chi connectivity index (χ1v) is 5.37. The summed E-state index contributed by atoms with van der Waals surface area (Å²) in [6, 6.07) is 3.80. The van der Waals surface area contributed by atoms with Crippen molar-refractivity contribution in [2.75, 3.05) is 0 Å². The monoisotopic (exact) mass is 261 g/mol. The summed E-state index contributed by atoms with van der Waals surface area (Å²) < 4.78 is 0. The molecule has 1 aromatic rings. The minimum absolute atomic E-state index is 0. The van der Waals surface area contributed by atoms with E-state index in [1.165, 1.54) is 12.1 Å². The van der Waals surface area contributed by atoms with Gasteiger partial charge in [0.25, 0.3) is 0 Å². The fraction of sp³-hybridized carbons (Fsp3) is 0.500. The molecule has 0 amide bonds. The van der Waals surface area contributed by atoms with E-state index in [0.29, 0.717) is 17.9 Å². The maximum absolute atomic E-state index is 9.83. The fourth-order valence-electron chi connectivity index (χ4n) is 1.60. The lowest BCUT2D eigenvalue weighted by atomic mass is 9.95. The highest BCUT2D eigenvalue weighted by Gasteiger charge is 2.18. The molecule has 5 heteroatoms. The Balaban J connectivity index is 0.00000256. The molecule has 0 fully saturated rings. The van der Waals surface area contributed by atoms with Crippen LogP contribution in [0.15, 0.2) is 18.2 Å². The number of aliphatic hydroxyl groups is 1. The van der Waals surface area contributed by atoms with E-state index >= 15 is 0 Å². The Labute approximate surface area is 107 Å². The van der Waals surface area contributed by atoms with Crippen LogP contribution in [0.1, 0.15) is 31.9 Å². The molecule has 0 unspecified atom stereocenters. The van der Waals surface area contributed by atoms with Crippen LogP contribution in [0, 0.1) is 5.92 Å². The molecular weight excluding hydrogens is 242 g/mol. The lowest BCUT2D eigenvalue weighted by molar-refractivity contribution is 0.121. The van der Waals surface area contributed by atoms with Crippen LogP contribution in [0.4, 0.5) is 0 Å².